The summed E-state index contributed by atoms with van der Waals surface area (Å²) in [6.45, 7) is 4.21. The quantitative estimate of drug-likeness (QED) is 0.759. The van der Waals surface area contributed by atoms with Gasteiger partial charge >= 0.3 is 5.97 Å². The number of hydrogen-bond donors (Lipinski definition) is 1. The van der Waals surface area contributed by atoms with Crippen molar-refractivity contribution in [2.24, 2.45) is 5.92 Å². The summed E-state index contributed by atoms with van der Waals surface area (Å²) in [5, 5.41) is 2.66. The fraction of sp³-hybridized carbons (Fsp3) is 0.533. The molecule has 6 nitrogen and oxygen atoms in total. The van der Waals surface area contributed by atoms with E-state index in [4.69, 9.17) is 0 Å². The van der Waals surface area contributed by atoms with Crippen molar-refractivity contribution < 1.29 is 14.3 Å². The maximum atomic E-state index is 11.9. The summed E-state index contributed by atoms with van der Waals surface area (Å²) in [6, 6.07) is 4.17. The molecule has 0 bridgehead atoms. The van der Waals surface area contributed by atoms with Crippen LogP contribution in [-0.2, 0) is 20.9 Å². The molecule has 0 aromatic carbocycles. The molecule has 0 aliphatic heterocycles. The molecule has 1 heterocycles. The van der Waals surface area contributed by atoms with E-state index in [1.165, 1.54) is 17.7 Å². The second-order valence-electron chi connectivity index (χ2n) is 5.26. The predicted octanol–water partition coefficient (Wildman–Crippen LogP) is 0.942. The SMILES string of the molecule is COC(=O)C(CC(C)C)NC(=O)CCn1ccccc1=O. The van der Waals surface area contributed by atoms with Crippen molar-refractivity contribution in [3.8, 4) is 0 Å². The second-order valence-corrected chi connectivity index (χ2v) is 5.26. The number of methoxy groups -OCH3 is 1. The van der Waals surface area contributed by atoms with Gasteiger partial charge in [0.1, 0.15) is 6.04 Å². The van der Waals surface area contributed by atoms with Crippen molar-refractivity contribution in [2.45, 2.75) is 39.3 Å². The number of carbonyl (C=O) groups excluding carboxylic acids is 2. The molecule has 116 valence electrons. The predicted molar refractivity (Wildman–Crippen MR) is 78.7 cm³/mol. The van der Waals surface area contributed by atoms with E-state index in [0.29, 0.717) is 6.42 Å². The largest absolute Gasteiger partial charge is 0.467 e. The number of hydrogen-bond acceptors (Lipinski definition) is 4. The van der Waals surface area contributed by atoms with Gasteiger partial charge in [-0.05, 0) is 18.4 Å². The van der Waals surface area contributed by atoms with Crippen LogP contribution in [0.15, 0.2) is 29.2 Å². The number of aromatic nitrogens is 1. The van der Waals surface area contributed by atoms with Crippen molar-refractivity contribution >= 4 is 11.9 Å². The lowest BCUT2D eigenvalue weighted by atomic mass is 10.0. The van der Waals surface area contributed by atoms with E-state index in [9.17, 15) is 14.4 Å². The third-order valence-electron chi connectivity index (χ3n) is 3.01. The molecule has 0 spiro atoms. The lowest BCUT2D eigenvalue weighted by Crippen LogP contribution is -2.42. The van der Waals surface area contributed by atoms with Crippen LogP contribution in [0.25, 0.3) is 0 Å². The van der Waals surface area contributed by atoms with Gasteiger partial charge in [-0.3, -0.25) is 9.59 Å². The van der Waals surface area contributed by atoms with E-state index >= 15 is 0 Å². The van der Waals surface area contributed by atoms with Crippen LogP contribution in [-0.4, -0.2) is 29.6 Å². The second kappa shape index (κ2) is 8.24. The molecular weight excluding hydrogens is 272 g/mol. The van der Waals surface area contributed by atoms with Crippen molar-refractivity contribution in [3.05, 3.63) is 34.7 Å². The highest BCUT2D eigenvalue weighted by Gasteiger charge is 2.22. The minimum absolute atomic E-state index is 0.134. The van der Waals surface area contributed by atoms with Crippen LogP contribution in [0, 0.1) is 5.92 Å². The minimum Gasteiger partial charge on any atom is -0.467 e. The third kappa shape index (κ3) is 5.81. The standard InChI is InChI=1S/C15H22N2O4/c1-11(2)10-12(15(20)21-3)16-13(18)7-9-17-8-5-4-6-14(17)19/h4-6,8,11-12H,7,9-10H2,1-3H3,(H,16,18). The van der Waals surface area contributed by atoms with Gasteiger partial charge in [0.05, 0.1) is 7.11 Å². The number of nitrogens with zero attached hydrogens (tertiary/aromatic N) is 1. The van der Waals surface area contributed by atoms with Crippen LogP contribution >= 0.6 is 0 Å². The lowest BCUT2D eigenvalue weighted by Gasteiger charge is -2.18. The summed E-state index contributed by atoms with van der Waals surface area (Å²) in [5.74, 6) is -0.470. The molecule has 0 aliphatic rings. The molecule has 0 aliphatic carbocycles. The Labute approximate surface area is 124 Å². The number of amides is 1. The van der Waals surface area contributed by atoms with Gasteiger partial charge in [-0.15, -0.1) is 0 Å². The Morgan fingerprint density at radius 3 is 2.62 bits per heavy atom. The zero-order chi connectivity index (χ0) is 15.8. The number of esters is 1. The van der Waals surface area contributed by atoms with Crippen LogP contribution < -0.4 is 10.9 Å². The molecule has 1 aromatic heterocycles. The summed E-state index contributed by atoms with van der Waals surface area (Å²) in [4.78, 5) is 35.0. The van der Waals surface area contributed by atoms with E-state index in [1.807, 2.05) is 13.8 Å². The zero-order valence-electron chi connectivity index (χ0n) is 12.7. The summed E-state index contributed by atoms with van der Waals surface area (Å²) >= 11 is 0. The highest BCUT2D eigenvalue weighted by atomic mass is 16.5. The van der Waals surface area contributed by atoms with E-state index < -0.39 is 12.0 Å². The number of rotatable bonds is 7. The van der Waals surface area contributed by atoms with Gasteiger partial charge in [0.15, 0.2) is 0 Å². The molecule has 0 saturated heterocycles. The van der Waals surface area contributed by atoms with Crippen molar-refractivity contribution in [1.29, 1.82) is 0 Å². The van der Waals surface area contributed by atoms with Gasteiger partial charge in [-0.1, -0.05) is 19.9 Å². The average molecular weight is 294 g/mol. The Kier molecular flexibility index (Phi) is 6.65. The third-order valence-corrected chi connectivity index (χ3v) is 3.01. The summed E-state index contributed by atoms with van der Waals surface area (Å²) in [6.07, 6.45) is 2.28. The number of pyridine rings is 1. The Bertz CT molecular complexity index is 536. The minimum atomic E-state index is -0.644. The van der Waals surface area contributed by atoms with Gasteiger partial charge in [-0.2, -0.15) is 0 Å². The first-order valence-corrected chi connectivity index (χ1v) is 6.96. The maximum Gasteiger partial charge on any atom is 0.328 e. The van der Waals surface area contributed by atoms with E-state index in [2.05, 4.69) is 10.1 Å². The first kappa shape index (κ1) is 16.9. The van der Waals surface area contributed by atoms with Crippen molar-refractivity contribution in [1.82, 2.24) is 9.88 Å². The fourth-order valence-electron chi connectivity index (χ4n) is 1.96. The molecule has 1 N–H and O–H groups in total. The molecule has 0 radical (unpaired) electrons. The number of ether oxygens (including phenoxy) is 1. The highest BCUT2D eigenvalue weighted by Crippen LogP contribution is 2.06. The maximum absolute atomic E-state index is 11.9. The Hall–Kier alpha value is -2.11. The summed E-state index contributed by atoms with van der Waals surface area (Å²) in [7, 11) is 1.30. The summed E-state index contributed by atoms with van der Waals surface area (Å²) < 4.78 is 6.14. The van der Waals surface area contributed by atoms with Crippen LogP contribution in [0.5, 0.6) is 0 Å². The van der Waals surface area contributed by atoms with Crippen LogP contribution in [0.3, 0.4) is 0 Å². The van der Waals surface area contributed by atoms with Gasteiger partial charge in [0.2, 0.25) is 5.91 Å². The van der Waals surface area contributed by atoms with E-state index in [1.54, 1.807) is 18.3 Å². The van der Waals surface area contributed by atoms with E-state index in [0.717, 1.165) is 0 Å². The van der Waals surface area contributed by atoms with Gasteiger partial charge < -0.3 is 14.6 Å². The van der Waals surface area contributed by atoms with Crippen LogP contribution in [0.2, 0.25) is 0 Å². The Balaban J connectivity index is 2.56. The number of aryl methyl sites for hydroxylation is 1. The summed E-state index contributed by atoms with van der Waals surface area (Å²) in [5.41, 5.74) is -0.156. The molecule has 1 unspecified atom stereocenters. The van der Waals surface area contributed by atoms with Crippen molar-refractivity contribution in [2.75, 3.05) is 7.11 Å². The first-order chi connectivity index (χ1) is 9.93. The molecule has 1 rings (SSSR count). The molecule has 1 amide bonds. The van der Waals surface area contributed by atoms with Gasteiger partial charge in [-0.25, -0.2) is 4.79 Å². The first-order valence-electron chi connectivity index (χ1n) is 6.96. The topological polar surface area (TPSA) is 77.4 Å². The van der Waals surface area contributed by atoms with Crippen LogP contribution in [0.1, 0.15) is 26.7 Å². The Morgan fingerprint density at radius 1 is 1.33 bits per heavy atom. The molecule has 1 aromatic rings. The molecule has 0 saturated carbocycles. The average Bonchev–Trinajstić information content (AvgIpc) is 2.44. The van der Waals surface area contributed by atoms with Gasteiger partial charge in [0, 0.05) is 25.2 Å². The molecule has 6 heteroatoms. The lowest BCUT2D eigenvalue weighted by molar-refractivity contribution is -0.145. The Morgan fingerprint density at radius 2 is 2.05 bits per heavy atom. The van der Waals surface area contributed by atoms with Crippen molar-refractivity contribution in [3.63, 3.8) is 0 Å². The van der Waals surface area contributed by atoms with Crippen LogP contribution in [0.4, 0.5) is 0 Å². The number of carbonyl (C=O) groups is 2. The fourth-order valence-corrected chi connectivity index (χ4v) is 1.96. The number of nitrogens with one attached hydrogen (secondary N) is 1. The molecular formula is C15H22N2O4. The normalized spacial score (nSPS) is 12.0. The molecule has 21 heavy (non-hydrogen) atoms. The monoisotopic (exact) mass is 294 g/mol. The zero-order valence-corrected chi connectivity index (χ0v) is 12.7. The smallest absolute Gasteiger partial charge is 0.328 e. The molecule has 1 atom stereocenters. The highest BCUT2D eigenvalue weighted by molar-refractivity contribution is 5.84. The molecule has 0 fully saturated rings. The van der Waals surface area contributed by atoms with Gasteiger partial charge in [0.25, 0.3) is 5.56 Å². The van der Waals surface area contributed by atoms with E-state index in [-0.39, 0.29) is 30.3 Å².